The number of rotatable bonds is 6. The van der Waals surface area contributed by atoms with Gasteiger partial charge in [0.25, 0.3) is 0 Å². The maximum atomic E-state index is 15.4. The standard InChI is InChI=1S/C29H24BrN2O3P/c1-35-21-16-14-19-15-17-25(33)26(24(19)18-21)29-27(30)28(20-12-13-20)31-32(29)36(34,22-8-4-2-5-9-22)23-10-6-3-7-11-23/h2-11,14-18,20,33H,12-13H2,1H3. The normalized spacial score (nSPS) is 13.7. The molecule has 0 aliphatic heterocycles. The lowest BCUT2D eigenvalue weighted by atomic mass is 10.0. The summed E-state index contributed by atoms with van der Waals surface area (Å²) in [6.07, 6.45) is 2.07. The number of fused-ring (bicyclic) bond motifs is 1. The smallest absolute Gasteiger partial charge is 0.249 e. The number of ether oxygens (including phenoxy) is 1. The monoisotopic (exact) mass is 558 g/mol. The summed E-state index contributed by atoms with van der Waals surface area (Å²) in [5.41, 5.74) is 2.05. The number of halogens is 1. The summed E-state index contributed by atoms with van der Waals surface area (Å²) in [7, 11) is -1.86. The van der Waals surface area contributed by atoms with E-state index >= 15 is 4.57 Å². The highest BCUT2D eigenvalue weighted by molar-refractivity contribution is 9.10. The molecule has 0 unspecified atom stereocenters. The minimum absolute atomic E-state index is 0.0904. The van der Waals surface area contributed by atoms with Crippen molar-refractivity contribution in [3.05, 3.63) is 101 Å². The second-order valence-electron chi connectivity index (χ2n) is 9.01. The van der Waals surface area contributed by atoms with Gasteiger partial charge in [0.2, 0.25) is 7.29 Å². The molecular weight excluding hydrogens is 535 g/mol. The van der Waals surface area contributed by atoms with Crippen molar-refractivity contribution in [3.63, 3.8) is 0 Å². The van der Waals surface area contributed by atoms with Crippen LogP contribution in [0.4, 0.5) is 0 Å². The molecule has 180 valence electrons. The Morgan fingerprint density at radius 1 is 0.944 bits per heavy atom. The lowest BCUT2D eigenvalue weighted by molar-refractivity contribution is 0.415. The Labute approximate surface area is 217 Å². The fourth-order valence-corrected chi connectivity index (χ4v) is 8.23. The number of phenols is 1. The molecule has 1 N–H and O–H groups in total. The number of hydrogen-bond acceptors (Lipinski definition) is 4. The summed E-state index contributed by atoms with van der Waals surface area (Å²) in [6.45, 7) is 0. The lowest BCUT2D eigenvalue weighted by Gasteiger charge is -2.23. The fourth-order valence-electron chi connectivity index (χ4n) is 4.73. The number of nitrogens with zero attached hydrogens (tertiary/aromatic N) is 2. The average molecular weight is 559 g/mol. The summed E-state index contributed by atoms with van der Waals surface area (Å²) in [5, 5.41) is 19.4. The van der Waals surface area contributed by atoms with Gasteiger partial charge in [-0.05, 0) is 82.0 Å². The topological polar surface area (TPSA) is 64.3 Å². The van der Waals surface area contributed by atoms with Gasteiger partial charge in [-0.2, -0.15) is 5.10 Å². The SMILES string of the molecule is COc1ccc2ccc(O)c(-c3c(Br)c(C4CC4)nn3P(=O)(c3ccccc3)c3ccccc3)c2c1. The van der Waals surface area contributed by atoms with E-state index in [1.165, 1.54) is 0 Å². The van der Waals surface area contributed by atoms with Crippen LogP contribution in [0.3, 0.4) is 0 Å². The summed E-state index contributed by atoms with van der Waals surface area (Å²) >= 11 is 3.83. The van der Waals surface area contributed by atoms with Crippen LogP contribution in [0.1, 0.15) is 24.5 Å². The van der Waals surface area contributed by atoms with Crippen molar-refractivity contribution in [3.8, 4) is 22.8 Å². The number of benzene rings is 4. The predicted molar refractivity (Wildman–Crippen MR) is 148 cm³/mol. The van der Waals surface area contributed by atoms with Crippen molar-refractivity contribution in [2.24, 2.45) is 0 Å². The maximum Gasteiger partial charge on any atom is 0.249 e. The molecule has 0 spiro atoms. The van der Waals surface area contributed by atoms with E-state index in [1.807, 2.05) is 84.9 Å². The third kappa shape index (κ3) is 3.68. The van der Waals surface area contributed by atoms with Crippen molar-refractivity contribution in [1.82, 2.24) is 9.55 Å². The quantitative estimate of drug-likeness (QED) is 0.232. The van der Waals surface area contributed by atoms with Gasteiger partial charge in [-0.25, -0.2) is 4.45 Å². The molecule has 1 fully saturated rings. The molecule has 5 nitrogen and oxygen atoms in total. The molecule has 5 aromatic rings. The largest absolute Gasteiger partial charge is 0.507 e. The van der Waals surface area contributed by atoms with Crippen molar-refractivity contribution in [2.45, 2.75) is 18.8 Å². The van der Waals surface area contributed by atoms with E-state index in [9.17, 15) is 5.11 Å². The number of aromatic hydroxyl groups is 1. The molecule has 1 aromatic heterocycles. The molecule has 6 rings (SSSR count). The van der Waals surface area contributed by atoms with Gasteiger partial charge in [0.05, 0.1) is 28.5 Å². The van der Waals surface area contributed by atoms with Gasteiger partial charge >= 0.3 is 0 Å². The number of methoxy groups -OCH3 is 1. The van der Waals surface area contributed by atoms with Crippen LogP contribution in [-0.4, -0.2) is 21.8 Å². The molecule has 1 aliphatic carbocycles. The fraction of sp³-hybridized carbons (Fsp3) is 0.138. The molecule has 0 atom stereocenters. The van der Waals surface area contributed by atoms with E-state index in [2.05, 4.69) is 15.9 Å². The molecule has 0 amide bonds. The summed E-state index contributed by atoms with van der Waals surface area (Å²) in [5.74, 6) is 1.06. The third-order valence-corrected chi connectivity index (χ3v) is 10.3. The number of hydrogen-bond donors (Lipinski definition) is 1. The van der Waals surface area contributed by atoms with Crippen LogP contribution in [-0.2, 0) is 4.57 Å². The molecule has 1 aliphatic rings. The number of phenolic OH excluding ortho intramolecular Hbond substituents is 1. The second kappa shape index (κ2) is 8.95. The Morgan fingerprint density at radius 2 is 1.56 bits per heavy atom. The molecule has 4 aromatic carbocycles. The third-order valence-electron chi connectivity index (χ3n) is 6.72. The molecule has 7 heteroatoms. The zero-order valence-corrected chi connectivity index (χ0v) is 22.1. The van der Waals surface area contributed by atoms with Crippen molar-refractivity contribution in [1.29, 1.82) is 0 Å². The highest BCUT2D eigenvalue weighted by atomic mass is 79.9. The van der Waals surface area contributed by atoms with E-state index < -0.39 is 7.29 Å². The molecule has 0 bridgehead atoms. The molecule has 0 radical (unpaired) electrons. The minimum Gasteiger partial charge on any atom is -0.507 e. The molecule has 1 heterocycles. The van der Waals surface area contributed by atoms with Gasteiger partial charge in [0, 0.05) is 16.5 Å². The van der Waals surface area contributed by atoms with Gasteiger partial charge in [-0.1, -0.05) is 48.5 Å². The van der Waals surface area contributed by atoms with Gasteiger partial charge in [0.15, 0.2) is 0 Å². The first-order valence-corrected chi connectivity index (χ1v) is 14.3. The predicted octanol–water partition coefficient (Wildman–Crippen LogP) is 6.83. The number of aromatic nitrogens is 2. The Kier molecular flexibility index (Phi) is 5.74. The maximum absolute atomic E-state index is 15.4. The summed E-state index contributed by atoms with van der Waals surface area (Å²) in [4.78, 5) is 0. The molecular formula is C29H24BrN2O3P. The van der Waals surface area contributed by atoms with Crippen molar-refractivity contribution >= 4 is 44.6 Å². The highest BCUT2D eigenvalue weighted by Gasteiger charge is 2.39. The first-order chi connectivity index (χ1) is 17.5. The van der Waals surface area contributed by atoms with E-state index in [0.29, 0.717) is 33.5 Å². The summed E-state index contributed by atoms with van der Waals surface area (Å²) < 4.78 is 23.3. The van der Waals surface area contributed by atoms with Crippen LogP contribution >= 0.6 is 23.2 Å². The van der Waals surface area contributed by atoms with Gasteiger partial charge in [-0.15, -0.1) is 0 Å². The van der Waals surface area contributed by atoms with E-state index in [-0.39, 0.29) is 5.75 Å². The van der Waals surface area contributed by atoms with E-state index in [1.54, 1.807) is 17.6 Å². The van der Waals surface area contributed by atoms with Crippen molar-refractivity contribution < 1.29 is 14.4 Å². The first-order valence-electron chi connectivity index (χ1n) is 11.8. The zero-order valence-electron chi connectivity index (χ0n) is 19.6. The highest BCUT2D eigenvalue weighted by Crippen LogP contribution is 2.55. The van der Waals surface area contributed by atoms with Crippen LogP contribution in [0.15, 0.2) is 95.5 Å². The Balaban J connectivity index is 1.74. The Bertz CT molecular complexity index is 1590. The van der Waals surface area contributed by atoms with Gasteiger partial charge < -0.3 is 9.84 Å². The van der Waals surface area contributed by atoms with Gasteiger partial charge in [-0.3, -0.25) is 4.57 Å². The molecule has 1 saturated carbocycles. The van der Waals surface area contributed by atoms with Gasteiger partial charge in [0.1, 0.15) is 11.5 Å². The Morgan fingerprint density at radius 3 is 2.14 bits per heavy atom. The first kappa shape index (κ1) is 23.1. The molecule has 0 saturated heterocycles. The lowest BCUT2D eigenvalue weighted by Crippen LogP contribution is -2.23. The van der Waals surface area contributed by atoms with Crippen molar-refractivity contribution in [2.75, 3.05) is 7.11 Å². The zero-order chi connectivity index (χ0) is 24.9. The van der Waals surface area contributed by atoms with Crippen LogP contribution in [0, 0.1) is 0 Å². The van der Waals surface area contributed by atoms with Crippen LogP contribution in [0.25, 0.3) is 22.0 Å². The minimum atomic E-state index is -3.48. The second-order valence-corrected chi connectivity index (χ2v) is 12.4. The van der Waals surface area contributed by atoms with E-state index in [0.717, 1.165) is 33.8 Å². The Hall–Kier alpha value is -3.34. The summed E-state index contributed by atoms with van der Waals surface area (Å²) in [6, 6.07) is 28.3. The average Bonchev–Trinajstić information content (AvgIpc) is 3.71. The van der Waals surface area contributed by atoms with Crippen LogP contribution in [0.2, 0.25) is 0 Å². The molecule has 36 heavy (non-hydrogen) atoms. The van der Waals surface area contributed by atoms with E-state index in [4.69, 9.17) is 9.84 Å². The van der Waals surface area contributed by atoms with Crippen LogP contribution < -0.4 is 15.3 Å². The van der Waals surface area contributed by atoms with Crippen LogP contribution in [0.5, 0.6) is 11.5 Å².